The highest BCUT2D eigenvalue weighted by Gasteiger charge is 2.32. The van der Waals surface area contributed by atoms with E-state index in [2.05, 4.69) is 39.5 Å². The van der Waals surface area contributed by atoms with Gasteiger partial charge >= 0.3 is 0 Å². The van der Waals surface area contributed by atoms with Crippen LogP contribution < -0.4 is 5.73 Å². The average Bonchev–Trinajstić information content (AvgIpc) is 2.24. The van der Waals surface area contributed by atoms with Gasteiger partial charge in [-0.3, -0.25) is 4.79 Å². The number of rotatable bonds is 3. The van der Waals surface area contributed by atoms with Crippen LogP contribution in [0.25, 0.3) is 0 Å². The summed E-state index contributed by atoms with van der Waals surface area (Å²) in [5, 5.41) is 0. The molecular weight excluding hydrogens is 224 g/mol. The molecule has 0 aromatic heterocycles. The summed E-state index contributed by atoms with van der Waals surface area (Å²) in [6.45, 7) is 12.3. The van der Waals surface area contributed by atoms with Crippen molar-refractivity contribution in [3.63, 3.8) is 0 Å². The fourth-order valence-electron chi connectivity index (χ4n) is 2.98. The Morgan fingerprint density at radius 2 is 2.00 bits per heavy atom. The van der Waals surface area contributed by atoms with E-state index >= 15 is 0 Å². The van der Waals surface area contributed by atoms with E-state index in [0.29, 0.717) is 12.6 Å². The van der Waals surface area contributed by atoms with E-state index in [0.717, 1.165) is 31.7 Å². The molecule has 2 N–H and O–H groups in total. The lowest BCUT2D eigenvalue weighted by Crippen LogP contribution is -2.48. The van der Waals surface area contributed by atoms with Gasteiger partial charge in [0.15, 0.2) is 0 Å². The third-order valence-corrected chi connectivity index (χ3v) is 3.91. The highest BCUT2D eigenvalue weighted by Crippen LogP contribution is 2.28. The van der Waals surface area contributed by atoms with E-state index in [1.165, 1.54) is 0 Å². The molecule has 0 spiro atoms. The van der Waals surface area contributed by atoms with Gasteiger partial charge in [0.2, 0.25) is 5.91 Å². The number of hydrogen-bond donors (Lipinski definition) is 1. The molecule has 1 fully saturated rings. The maximum Gasteiger partial charge on any atom is 0.227 e. The van der Waals surface area contributed by atoms with Crippen LogP contribution in [-0.2, 0) is 4.79 Å². The molecule has 3 nitrogen and oxygen atoms in total. The molecule has 1 saturated heterocycles. The zero-order chi connectivity index (χ0) is 13.9. The van der Waals surface area contributed by atoms with Crippen LogP contribution in [0.1, 0.15) is 53.9 Å². The lowest BCUT2D eigenvalue weighted by molar-refractivity contribution is -0.140. The average molecular weight is 254 g/mol. The number of likely N-dealkylation sites (tertiary alicyclic amines) is 1. The van der Waals surface area contributed by atoms with Crippen LogP contribution in [0.15, 0.2) is 0 Å². The Morgan fingerprint density at radius 1 is 1.39 bits per heavy atom. The standard InChI is InChI=1S/C15H30N2O/c1-11-6-7-17(12(2)8-11)14(18)13(10-16)9-15(3,4)5/h11-13H,6-10,16H2,1-5H3. The molecule has 0 saturated carbocycles. The van der Waals surface area contributed by atoms with Crippen LogP contribution in [0.5, 0.6) is 0 Å². The van der Waals surface area contributed by atoms with Crippen molar-refractivity contribution in [2.45, 2.75) is 59.9 Å². The van der Waals surface area contributed by atoms with E-state index in [9.17, 15) is 4.79 Å². The number of amides is 1. The van der Waals surface area contributed by atoms with Crippen LogP contribution in [-0.4, -0.2) is 29.9 Å². The Kier molecular flexibility index (Phi) is 5.20. The largest absolute Gasteiger partial charge is 0.340 e. The first-order chi connectivity index (χ1) is 8.24. The van der Waals surface area contributed by atoms with E-state index in [1.54, 1.807) is 0 Å². The Bertz CT molecular complexity index is 283. The van der Waals surface area contributed by atoms with Gasteiger partial charge in [-0.2, -0.15) is 0 Å². The summed E-state index contributed by atoms with van der Waals surface area (Å²) < 4.78 is 0. The summed E-state index contributed by atoms with van der Waals surface area (Å²) in [5.41, 5.74) is 5.97. The molecule has 3 heteroatoms. The zero-order valence-electron chi connectivity index (χ0n) is 12.7. The first kappa shape index (κ1) is 15.5. The van der Waals surface area contributed by atoms with E-state index in [1.807, 2.05) is 0 Å². The number of hydrogen-bond acceptors (Lipinski definition) is 2. The molecule has 106 valence electrons. The number of piperidine rings is 1. The Balaban J connectivity index is 2.66. The van der Waals surface area contributed by atoms with Crippen molar-refractivity contribution in [1.82, 2.24) is 4.90 Å². The smallest absolute Gasteiger partial charge is 0.227 e. The minimum atomic E-state index is -0.0131. The summed E-state index contributed by atoms with van der Waals surface area (Å²) in [5.74, 6) is 0.996. The van der Waals surface area contributed by atoms with Crippen molar-refractivity contribution in [3.8, 4) is 0 Å². The number of nitrogens with two attached hydrogens (primary N) is 1. The topological polar surface area (TPSA) is 46.3 Å². The summed E-state index contributed by atoms with van der Waals surface area (Å²) in [6, 6.07) is 0.371. The molecule has 0 aromatic rings. The van der Waals surface area contributed by atoms with Crippen molar-refractivity contribution < 1.29 is 4.79 Å². The molecule has 1 aliphatic rings. The van der Waals surface area contributed by atoms with Crippen LogP contribution in [0.4, 0.5) is 0 Å². The molecular formula is C15H30N2O. The maximum atomic E-state index is 12.6. The molecule has 1 heterocycles. The third-order valence-electron chi connectivity index (χ3n) is 3.91. The van der Waals surface area contributed by atoms with Crippen LogP contribution in [0, 0.1) is 17.3 Å². The quantitative estimate of drug-likeness (QED) is 0.841. The molecule has 0 aliphatic carbocycles. The molecule has 0 bridgehead atoms. The third kappa shape index (κ3) is 4.27. The molecule has 1 rings (SSSR count). The Hall–Kier alpha value is -0.570. The second kappa shape index (κ2) is 6.05. The molecule has 18 heavy (non-hydrogen) atoms. The van der Waals surface area contributed by atoms with E-state index < -0.39 is 0 Å². The van der Waals surface area contributed by atoms with Gasteiger partial charge in [0.25, 0.3) is 0 Å². The predicted molar refractivity (Wildman–Crippen MR) is 76.2 cm³/mol. The van der Waals surface area contributed by atoms with E-state index in [-0.39, 0.29) is 17.2 Å². The van der Waals surface area contributed by atoms with Gasteiger partial charge in [0, 0.05) is 19.1 Å². The van der Waals surface area contributed by atoms with Crippen molar-refractivity contribution in [2.75, 3.05) is 13.1 Å². The molecule has 0 radical (unpaired) electrons. The SMILES string of the molecule is CC1CCN(C(=O)C(CN)CC(C)(C)C)C(C)C1. The fourth-order valence-corrected chi connectivity index (χ4v) is 2.98. The maximum absolute atomic E-state index is 12.6. The van der Waals surface area contributed by atoms with Crippen molar-refractivity contribution in [2.24, 2.45) is 23.0 Å². The van der Waals surface area contributed by atoms with Gasteiger partial charge in [0.05, 0.1) is 5.92 Å². The second-order valence-electron chi connectivity index (χ2n) is 7.21. The lowest BCUT2D eigenvalue weighted by atomic mass is 9.83. The fraction of sp³-hybridized carbons (Fsp3) is 0.933. The first-order valence-electron chi connectivity index (χ1n) is 7.25. The lowest BCUT2D eigenvalue weighted by Gasteiger charge is -2.39. The van der Waals surface area contributed by atoms with Gasteiger partial charge in [-0.1, -0.05) is 27.7 Å². The summed E-state index contributed by atoms with van der Waals surface area (Å²) in [4.78, 5) is 14.6. The van der Waals surface area contributed by atoms with Gasteiger partial charge in [0.1, 0.15) is 0 Å². The second-order valence-corrected chi connectivity index (χ2v) is 7.21. The van der Waals surface area contributed by atoms with Crippen molar-refractivity contribution in [1.29, 1.82) is 0 Å². The van der Waals surface area contributed by atoms with Gasteiger partial charge in [-0.15, -0.1) is 0 Å². The van der Waals surface area contributed by atoms with Crippen LogP contribution in [0.3, 0.4) is 0 Å². The van der Waals surface area contributed by atoms with Gasteiger partial charge < -0.3 is 10.6 Å². The van der Waals surface area contributed by atoms with Crippen LogP contribution in [0.2, 0.25) is 0 Å². The molecule has 1 aliphatic heterocycles. The minimum absolute atomic E-state index is 0.0131. The van der Waals surface area contributed by atoms with Gasteiger partial charge in [-0.05, 0) is 37.5 Å². The zero-order valence-corrected chi connectivity index (χ0v) is 12.7. The number of carbonyl (C=O) groups excluding carboxylic acids is 1. The highest BCUT2D eigenvalue weighted by atomic mass is 16.2. The van der Waals surface area contributed by atoms with Crippen molar-refractivity contribution >= 4 is 5.91 Å². The van der Waals surface area contributed by atoms with Crippen molar-refractivity contribution in [3.05, 3.63) is 0 Å². The normalized spacial score (nSPS) is 27.1. The Morgan fingerprint density at radius 3 is 2.44 bits per heavy atom. The Labute approximate surface area is 112 Å². The molecule has 0 aromatic carbocycles. The highest BCUT2D eigenvalue weighted by molar-refractivity contribution is 5.79. The molecule has 1 amide bonds. The van der Waals surface area contributed by atoms with Gasteiger partial charge in [-0.25, -0.2) is 0 Å². The first-order valence-corrected chi connectivity index (χ1v) is 7.25. The minimum Gasteiger partial charge on any atom is -0.340 e. The number of nitrogens with zero attached hydrogens (tertiary/aromatic N) is 1. The molecule has 3 unspecified atom stereocenters. The van der Waals surface area contributed by atoms with Crippen LogP contribution >= 0.6 is 0 Å². The summed E-state index contributed by atoms with van der Waals surface area (Å²) >= 11 is 0. The molecule has 3 atom stereocenters. The van der Waals surface area contributed by atoms with E-state index in [4.69, 9.17) is 5.73 Å². The number of carbonyl (C=O) groups is 1. The monoisotopic (exact) mass is 254 g/mol. The summed E-state index contributed by atoms with van der Waals surface area (Å²) in [7, 11) is 0. The predicted octanol–water partition coefficient (Wildman–Crippen LogP) is 2.64. The summed E-state index contributed by atoms with van der Waals surface area (Å²) in [6.07, 6.45) is 3.13.